The van der Waals surface area contributed by atoms with E-state index in [9.17, 15) is 19.3 Å². The summed E-state index contributed by atoms with van der Waals surface area (Å²) >= 11 is 0.821. The lowest BCUT2D eigenvalue weighted by Gasteiger charge is -2.06. The number of carboxylic acid groups (broad SMARTS) is 1. The second kappa shape index (κ2) is 5.70. The lowest BCUT2D eigenvalue weighted by atomic mass is 10.2. The van der Waals surface area contributed by atoms with Crippen LogP contribution in [0.25, 0.3) is 0 Å². The van der Waals surface area contributed by atoms with Gasteiger partial charge in [-0.1, -0.05) is 30.0 Å². The van der Waals surface area contributed by atoms with E-state index in [1.54, 1.807) is 6.07 Å². The van der Waals surface area contributed by atoms with Crippen molar-refractivity contribution in [2.24, 2.45) is 0 Å². The van der Waals surface area contributed by atoms with Crippen LogP contribution in [0.5, 0.6) is 0 Å². The number of hydrogen-bond donors (Lipinski definition) is 1. The third kappa shape index (κ3) is 2.77. The van der Waals surface area contributed by atoms with Gasteiger partial charge in [-0.05, 0) is 24.3 Å². The number of nitro benzene ring substituents is 1. The first-order valence-corrected chi connectivity index (χ1v) is 6.25. The number of aromatic carboxylic acids is 1. The number of hydrogen-bond acceptors (Lipinski definition) is 4. The summed E-state index contributed by atoms with van der Waals surface area (Å²) in [5, 5.41) is 20.0. The van der Waals surface area contributed by atoms with Crippen LogP contribution in [-0.4, -0.2) is 16.0 Å². The normalized spacial score (nSPS) is 10.2. The third-order valence-corrected chi connectivity index (χ3v) is 3.57. The number of para-hydroxylation sites is 1. The Morgan fingerprint density at radius 1 is 1.15 bits per heavy atom. The van der Waals surface area contributed by atoms with Crippen LogP contribution in [0.4, 0.5) is 10.1 Å². The van der Waals surface area contributed by atoms with Crippen molar-refractivity contribution in [2.45, 2.75) is 9.79 Å². The predicted octanol–water partition coefficient (Wildman–Crippen LogP) is 3.58. The molecule has 20 heavy (non-hydrogen) atoms. The van der Waals surface area contributed by atoms with E-state index in [1.165, 1.54) is 30.3 Å². The minimum absolute atomic E-state index is 0.0833. The molecule has 0 aliphatic carbocycles. The van der Waals surface area contributed by atoms with E-state index < -0.39 is 28.0 Å². The monoisotopic (exact) mass is 293 g/mol. The summed E-state index contributed by atoms with van der Waals surface area (Å²) in [6.45, 7) is 0. The van der Waals surface area contributed by atoms with E-state index in [0.29, 0.717) is 0 Å². The maximum atomic E-state index is 13.6. The van der Waals surface area contributed by atoms with Crippen LogP contribution in [0.1, 0.15) is 10.4 Å². The van der Waals surface area contributed by atoms with Crippen molar-refractivity contribution in [3.8, 4) is 0 Å². The lowest BCUT2D eigenvalue weighted by Crippen LogP contribution is -2.03. The van der Waals surface area contributed by atoms with Crippen LogP contribution in [0.15, 0.2) is 52.3 Å². The molecule has 0 fully saturated rings. The minimum Gasteiger partial charge on any atom is -0.477 e. The van der Waals surface area contributed by atoms with Crippen LogP contribution in [0, 0.1) is 15.9 Å². The van der Waals surface area contributed by atoms with Crippen molar-refractivity contribution in [1.82, 2.24) is 0 Å². The van der Waals surface area contributed by atoms with Gasteiger partial charge in [0.25, 0.3) is 5.69 Å². The smallest absolute Gasteiger partial charge is 0.342 e. The van der Waals surface area contributed by atoms with Gasteiger partial charge in [-0.2, -0.15) is 0 Å². The largest absolute Gasteiger partial charge is 0.477 e. The van der Waals surface area contributed by atoms with E-state index >= 15 is 0 Å². The molecule has 0 unspecified atom stereocenters. The first-order valence-electron chi connectivity index (χ1n) is 5.44. The number of nitrogens with zero attached hydrogens (tertiary/aromatic N) is 1. The maximum absolute atomic E-state index is 13.6. The van der Waals surface area contributed by atoms with Gasteiger partial charge in [0.1, 0.15) is 11.4 Å². The highest BCUT2D eigenvalue weighted by Crippen LogP contribution is 2.37. The Hall–Kier alpha value is -2.41. The zero-order chi connectivity index (χ0) is 14.7. The Kier molecular flexibility index (Phi) is 3.99. The van der Waals surface area contributed by atoms with Gasteiger partial charge >= 0.3 is 5.97 Å². The van der Waals surface area contributed by atoms with Crippen LogP contribution in [-0.2, 0) is 0 Å². The van der Waals surface area contributed by atoms with Crippen molar-refractivity contribution in [2.75, 3.05) is 0 Å². The zero-order valence-electron chi connectivity index (χ0n) is 9.95. The Balaban J connectivity index is 2.52. The van der Waals surface area contributed by atoms with Crippen LogP contribution in [0.3, 0.4) is 0 Å². The Bertz CT molecular complexity index is 690. The van der Waals surface area contributed by atoms with Crippen LogP contribution in [0.2, 0.25) is 0 Å². The summed E-state index contributed by atoms with van der Waals surface area (Å²) < 4.78 is 13.6. The fourth-order valence-corrected chi connectivity index (χ4v) is 2.59. The molecule has 2 rings (SSSR count). The van der Waals surface area contributed by atoms with Crippen molar-refractivity contribution in [3.63, 3.8) is 0 Å². The number of carboxylic acids is 1. The molecule has 0 radical (unpaired) electrons. The quantitative estimate of drug-likeness (QED) is 0.688. The summed E-state index contributed by atoms with van der Waals surface area (Å²) in [6.07, 6.45) is 0. The molecule has 0 saturated carbocycles. The molecule has 2 aromatic rings. The lowest BCUT2D eigenvalue weighted by molar-refractivity contribution is -0.388. The molecule has 0 atom stereocenters. The second-order valence-electron chi connectivity index (χ2n) is 3.75. The van der Waals surface area contributed by atoms with Crippen LogP contribution < -0.4 is 0 Å². The topological polar surface area (TPSA) is 80.4 Å². The van der Waals surface area contributed by atoms with Gasteiger partial charge in [-0.3, -0.25) is 10.1 Å². The fraction of sp³-hybridized carbons (Fsp3) is 0. The molecule has 2 aromatic carbocycles. The van der Waals surface area contributed by atoms with E-state index in [2.05, 4.69) is 0 Å². The standard InChI is InChI=1S/C13H8FNO4S/c14-9-5-1-2-6-10(9)20-11-7-3-4-8(13(16)17)12(11)15(18)19/h1-7H,(H,16,17). The molecule has 0 aliphatic heterocycles. The van der Waals surface area contributed by atoms with E-state index in [-0.39, 0.29) is 9.79 Å². The van der Waals surface area contributed by atoms with Crippen LogP contribution >= 0.6 is 11.8 Å². The minimum atomic E-state index is -1.40. The van der Waals surface area contributed by atoms with Gasteiger partial charge in [0.05, 0.1) is 9.82 Å². The first kappa shape index (κ1) is 14.0. The Morgan fingerprint density at radius 2 is 1.80 bits per heavy atom. The third-order valence-electron chi connectivity index (χ3n) is 2.47. The highest BCUT2D eigenvalue weighted by atomic mass is 32.2. The van der Waals surface area contributed by atoms with Gasteiger partial charge in [-0.15, -0.1) is 0 Å². The highest BCUT2D eigenvalue weighted by molar-refractivity contribution is 7.99. The average Bonchev–Trinajstić information content (AvgIpc) is 2.40. The summed E-state index contributed by atoms with van der Waals surface area (Å²) in [5.41, 5.74) is -0.954. The number of halogens is 1. The van der Waals surface area contributed by atoms with Gasteiger partial charge in [0.15, 0.2) is 0 Å². The molecule has 0 heterocycles. The SMILES string of the molecule is O=C(O)c1cccc(Sc2ccccc2F)c1[N+](=O)[O-]. The molecular weight excluding hydrogens is 285 g/mol. The number of benzene rings is 2. The van der Waals surface area contributed by atoms with E-state index in [4.69, 9.17) is 5.11 Å². The van der Waals surface area contributed by atoms with Crippen molar-refractivity contribution in [1.29, 1.82) is 0 Å². The number of nitro groups is 1. The van der Waals surface area contributed by atoms with Gasteiger partial charge in [0.2, 0.25) is 0 Å². The zero-order valence-corrected chi connectivity index (χ0v) is 10.8. The predicted molar refractivity (Wildman–Crippen MR) is 70.6 cm³/mol. The number of rotatable bonds is 4. The Labute approximate surface area is 117 Å². The molecule has 0 spiro atoms. The summed E-state index contributed by atoms with van der Waals surface area (Å²) in [4.78, 5) is 21.6. The molecule has 0 aliphatic rings. The summed E-state index contributed by atoms with van der Waals surface area (Å²) in [5.74, 6) is -1.92. The maximum Gasteiger partial charge on any atom is 0.342 e. The molecule has 0 saturated heterocycles. The molecule has 1 N–H and O–H groups in total. The molecule has 102 valence electrons. The van der Waals surface area contributed by atoms with Crippen molar-refractivity contribution < 1.29 is 19.2 Å². The fourth-order valence-electron chi connectivity index (χ4n) is 1.61. The van der Waals surface area contributed by atoms with Crippen molar-refractivity contribution in [3.05, 3.63) is 64.0 Å². The molecule has 0 bridgehead atoms. The highest BCUT2D eigenvalue weighted by Gasteiger charge is 2.25. The molecule has 5 nitrogen and oxygen atoms in total. The van der Waals surface area contributed by atoms with E-state index in [0.717, 1.165) is 17.8 Å². The molecule has 7 heteroatoms. The van der Waals surface area contributed by atoms with Gasteiger partial charge in [-0.25, -0.2) is 9.18 Å². The van der Waals surface area contributed by atoms with Gasteiger partial charge < -0.3 is 5.11 Å². The number of carbonyl (C=O) groups is 1. The molecule has 0 amide bonds. The van der Waals surface area contributed by atoms with E-state index in [1.807, 2.05) is 0 Å². The first-order chi connectivity index (χ1) is 9.50. The summed E-state index contributed by atoms with van der Waals surface area (Å²) in [6, 6.07) is 9.72. The molecule has 0 aromatic heterocycles. The average molecular weight is 293 g/mol. The van der Waals surface area contributed by atoms with Gasteiger partial charge in [0, 0.05) is 4.90 Å². The second-order valence-corrected chi connectivity index (χ2v) is 4.83. The van der Waals surface area contributed by atoms with Crippen molar-refractivity contribution >= 4 is 23.4 Å². The molecular formula is C13H8FNO4S. The Morgan fingerprint density at radius 3 is 2.40 bits per heavy atom. The summed E-state index contributed by atoms with van der Waals surface area (Å²) in [7, 11) is 0.